The lowest BCUT2D eigenvalue weighted by atomic mass is 9.84. The van der Waals surface area contributed by atoms with Crippen molar-refractivity contribution in [3.8, 4) is 6.01 Å². The predicted octanol–water partition coefficient (Wildman–Crippen LogP) is 4.57. The summed E-state index contributed by atoms with van der Waals surface area (Å²) in [7, 11) is 0. The Hall–Kier alpha value is -2.87. The molecule has 1 aliphatic heterocycles. The van der Waals surface area contributed by atoms with Crippen molar-refractivity contribution in [2.24, 2.45) is 11.8 Å². The first kappa shape index (κ1) is 26.2. The maximum Gasteiger partial charge on any atom is 0.320 e. The lowest BCUT2D eigenvalue weighted by molar-refractivity contribution is -0.105. The van der Waals surface area contributed by atoms with Crippen molar-refractivity contribution in [1.82, 2.24) is 14.9 Å². The molecule has 1 saturated heterocycles. The van der Waals surface area contributed by atoms with Gasteiger partial charge in [0.1, 0.15) is 5.69 Å². The van der Waals surface area contributed by atoms with E-state index in [1.807, 2.05) is 0 Å². The van der Waals surface area contributed by atoms with Gasteiger partial charge in [-0.25, -0.2) is 0 Å². The van der Waals surface area contributed by atoms with Crippen LogP contribution in [0.1, 0.15) is 59.3 Å². The van der Waals surface area contributed by atoms with E-state index in [4.69, 9.17) is 10.5 Å². The van der Waals surface area contributed by atoms with Crippen molar-refractivity contribution >= 4 is 23.7 Å². The number of hydrogen-bond donors (Lipinski definition) is 2. The minimum atomic E-state index is 0.214. The molecule has 2 heterocycles. The van der Waals surface area contributed by atoms with Gasteiger partial charge in [-0.3, -0.25) is 9.69 Å². The van der Waals surface area contributed by atoms with E-state index in [0.29, 0.717) is 31.1 Å². The molecule has 1 saturated carbocycles. The van der Waals surface area contributed by atoms with Gasteiger partial charge in [-0.1, -0.05) is 43.6 Å². The van der Waals surface area contributed by atoms with Crippen LogP contribution in [0.4, 0.5) is 17.3 Å². The van der Waals surface area contributed by atoms with E-state index in [1.165, 1.54) is 42.5 Å². The first-order chi connectivity index (χ1) is 17.5. The van der Waals surface area contributed by atoms with Gasteiger partial charge in [-0.05, 0) is 56.6 Å². The third-order valence-electron chi connectivity index (χ3n) is 7.71. The monoisotopic (exact) mass is 494 g/mol. The van der Waals surface area contributed by atoms with Crippen molar-refractivity contribution in [3.05, 3.63) is 34.9 Å². The second-order valence-electron chi connectivity index (χ2n) is 10.3. The molecule has 2 aliphatic carbocycles. The van der Waals surface area contributed by atoms with Crippen LogP contribution in [0.5, 0.6) is 6.01 Å². The number of likely N-dealkylation sites (tertiary alicyclic amines) is 1. The number of anilines is 3. The van der Waals surface area contributed by atoms with E-state index in [-0.39, 0.29) is 17.7 Å². The molecule has 3 N–H and O–H groups in total. The number of aromatic nitrogens is 2. The van der Waals surface area contributed by atoms with E-state index >= 15 is 0 Å². The zero-order valence-electron chi connectivity index (χ0n) is 22.1. The molecule has 1 aromatic rings. The van der Waals surface area contributed by atoms with Crippen LogP contribution >= 0.6 is 0 Å². The lowest BCUT2D eigenvalue weighted by Gasteiger charge is -2.36. The topological polar surface area (TPSA) is 96.6 Å². The zero-order valence-corrected chi connectivity index (χ0v) is 22.1. The molecule has 1 unspecified atom stereocenters. The molecule has 0 bridgehead atoms. The Kier molecular flexibility index (Phi) is 9.02. The molecule has 196 valence electrons. The summed E-state index contributed by atoms with van der Waals surface area (Å²) < 4.78 is 5.77. The van der Waals surface area contributed by atoms with Crippen molar-refractivity contribution < 1.29 is 9.53 Å². The van der Waals surface area contributed by atoms with Gasteiger partial charge < -0.3 is 20.7 Å². The summed E-state index contributed by atoms with van der Waals surface area (Å²) in [5.74, 6) is 1.92. The van der Waals surface area contributed by atoms with Crippen LogP contribution in [0.15, 0.2) is 34.9 Å². The number of unbranched alkanes of at least 4 members (excludes halogenated alkanes) is 1. The van der Waals surface area contributed by atoms with Crippen LogP contribution in [0, 0.1) is 11.8 Å². The first-order valence-electron chi connectivity index (χ1n) is 13.6. The van der Waals surface area contributed by atoms with E-state index < -0.39 is 0 Å². The second kappa shape index (κ2) is 12.4. The molecular weight excluding hydrogens is 452 g/mol. The molecule has 0 radical (unpaired) electrons. The summed E-state index contributed by atoms with van der Waals surface area (Å²) >= 11 is 0. The van der Waals surface area contributed by atoms with Gasteiger partial charge >= 0.3 is 6.01 Å². The van der Waals surface area contributed by atoms with E-state index in [1.54, 1.807) is 0 Å². The lowest BCUT2D eigenvalue weighted by Crippen LogP contribution is -2.38. The SMILES string of the molecule is CCCCOc1nc(N)c(NC=O)c(N(CC)CC2C=C3CN(CC4CCC4)CCC3=CC=C2C)n1. The number of fused-ring (bicyclic) bond motifs is 1. The summed E-state index contributed by atoms with van der Waals surface area (Å²) in [4.78, 5) is 25.1. The summed E-state index contributed by atoms with van der Waals surface area (Å²) in [6.45, 7) is 11.8. The third kappa shape index (κ3) is 6.27. The minimum Gasteiger partial charge on any atom is -0.463 e. The fourth-order valence-electron chi connectivity index (χ4n) is 5.18. The van der Waals surface area contributed by atoms with Gasteiger partial charge in [0.2, 0.25) is 6.41 Å². The molecular formula is C28H42N6O2. The van der Waals surface area contributed by atoms with Crippen molar-refractivity contribution in [2.45, 2.75) is 59.3 Å². The maximum atomic E-state index is 11.4. The number of carbonyl (C=O) groups is 1. The Bertz CT molecular complexity index is 1010. The molecule has 4 rings (SSSR count). The fourth-order valence-corrected chi connectivity index (χ4v) is 5.18. The summed E-state index contributed by atoms with van der Waals surface area (Å²) in [5.41, 5.74) is 10.9. The summed E-state index contributed by atoms with van der Waals surface area (Å²) in [6, 6.07) is 0.250. The molecule has 1 amide bonds. The van der Waals surface area contributed by atoms with Crippen LogP contribution in [0.2, 0.25) is 0 Å². The Morgan fingerprint density at radius 2 is 2.08 bits per heavy atom. The van der Waals surface area contributed by atoms with Gasteiger partial charge in [-0.15, -0.1) is 0 Å². The number of carbonyl (C=O) groups excluding carboxylic acids is 1. The Morgan fingerprint density at radius 1 is 1.25 bits per heavy atom. The third-order valence-corrected chi connectivity index (χ3v) is 7.71. The van der Waals surface area contributed by atoms with Gasteiger partial charge in [0.25, 0.3) is 0 Å². The van der Waals surface area contributed by atoms with Gasteiger partial charge in [-0.2, -0.15) is 9.97 Å². The molecule has 1 atom stereocenters. The molecule has 1 aromatic heterocycles. The number of amides is 1. The van der Waals surface area contributed by atoms with E-state index in [9.17, 15) is 4.79 Å². The average Bonchev–Trinajstić information content (AvgIpc) is 2.99. The number of hydrogen-bond acceptors (Lipinski definition) is 7. The number of rotatable bonds is 12. The first-order valence-corrected chi connectivity index (χ1v) is 13.6. The minimum absolute atomic E-state index is 0.214. The highest BCUT2D eigenvalue weighted by Crippen LogP contribution is 2.35. The van der Waals surface area contributed by atoms with Crippen molar-refractivity contribution in [3.63, 3.8) is 0 Å². The highest BCUT2D eigenvalue weighted by atomic mass is 16.5. The molecule has 0 aromatic carbocycles. The van der Waals surface area contributed by atoms with Gasteiger partial charge in [0.05, 0.1) is 6.61 Å². The fraction of sp³-hybridized carbons (Fsp3) is 0.607. The standard InChI is InChI=1S/C28H42N6O2/c1-4-6-14-36-28-31-26(29)25(30-19-35)27(32-28)34(5-2)18-23-15-24-17-33(16-21-8-7-9-21)13-12-22(24)11-10-20(23)3/h10-11,15,19,21,23H,4-9,12-14,16-18H2,1-3H3,(H,30,35)(H2,29,31,32). The number of nitrogens with two attached hydrogens (primary N) is 1. The van der Waals surface area contributed by atoms with E-state index in [2.05, 4.69) is 64.1 Å². The van der Waals surface area contributed by atoms with Gasteiger partial charge in [0.15, 0.2) is 11.6 Å². The Labute approximate surface area is 215 Å². The van der Waals surface area contributed by atoms with Crippen molar-refractivity contribution in [2.75, 3.05) is 55.3 Å². The quantitative estimate of drug-likeness (QED) is 0.325. The molecule has 36 heavy (non-hydrogen) atoms. The Morgan fingerprint density at radius 3 is 2.78 bits per heavy atom. The summed E-state index contributed by atoms with van der Waals surface area (Å²) in [5, 5.41) is 2.72. The number of nitrogens with zero attached hydrogens (tertiary/aromatic N) is 4. The highest BCUT2D eigenvalue weighted by Gasteiger charge is 2.27. The van der Waals surface area contributed by atoms with Gasteiger partial charge in [0, 0.05) is 38.6 Å². The van der Waals surface area contributed by atoms with Crippen LogP contribution in [0.25, 0.3) is 0 Å². The van der Waals surface area contributed by atoms with Crippen LogP contribution in [-0.4, -0.2) is 60.6 Å². The second-order valence-corrected chi connectivity index (χ2v) is 10.3. The molecule has 8 heteroatoms. The number of piperidine rings is 1. The maximum absolute atomic E-state index is 11.4. The van der Waals surface area contributed by atoms with Crippen LogP contribution in [-0.2, 0) is 4.79 Å². The highest BCUT2D eigenvalue weighted by molar-refractivity contribution is 5.86. The normalized spacial score (nSPS) is 20.3. The van der Waals surface area contributed by atoms with Crippen LogP contribution < -0.4 is 20.7 Å². The summed E-state index contributed by atoms with van der Waals surface area (Å²) in [6.07, 6.45) is 14.9. The smallest absolute Gasteiger partial charge is 0.320 e. The predicted molar refractivity (Wildman–Crippen MR) is 146 cm³/mol. The molecule has 3 aliphatic rings. The number of nitrogens with one attached hydrogen (secondary N) is 1. The molecule has 8 nitrogen and oxygen atoms in total. The average molecular weight is 495 g/mol. The number of ether oxygens (including phenoxy) is 1. The number of allylic oxidation sites excluding steroid dienone is 2. The number of nitrogen functional groups attached to an aromatic ring is 1. The van der Waals surface area contributed by atoms with Crippen molar-refractivity contribution in [1.29, 1.82) is 0 Å². The Balaban J connectivity index is 1.56. The molecule has 2 fully saturated rings. The zero-order chi connectivity index (χ0) is 25.5. The molecule has 0 spiro atoms. The largest absolute Gasteiger partial charge is 0.463 e. The van der Waals surface area contributed by atoms with Crippen LogP contribution in [0.3, 0.4) is 0 Å². The van der Waals surface area contributed by atoms with E-state index in [0.717, 1.165) is 44.8 Å².